The van der Waals surface area contributed by atoms with E-state index in [9.17, 15) is 5.26 Å². The molecule has 1 aromatic rings. The minimum Gasteiger partial charge on any atom is -0.197 e. The number of benzene rings is 1. The van der Waals surface area contributed by atoms with E-state index in [1.165, 1.54) is 0 Å². The highest BCUT2D eigenvalue weighted by atomic mass is 14.4. The van der Waals surface area contributed by atoms with Crippen molar-refractivity contribution in [1.82, 2.24) is 0 Å². The van der Waals surface area contributed by atoms with Crippen LogP contribution in [0.2, 0.25) is 0 Å². The van der Waals surface area contributed by atoms with E-state index in [0.717, 1.165) is 12.0 Å². The Morgan fingerprint density at radius 1 is 1.47 bits per heavy atom. The molecule has 0 aliphatic carbocycles. The van der Waals surface area contributed by atoms with Gasteiger partial charge in [0, 0.05) is 0 Å². The lowest BCUT2D eigenvalue weighted by atomic mass is 9.70. The maximum atomic E-state index is 9.43. The first kappa shape index (κ1) is 11.5. The Morgan fingerprint density at radius 3 is 2.47 bits per heavy atom. The quantitative estimate of drug-likeness (QED) is 0.678. The fourth-order valence-electron chi connectivity index (χ4n) is 1.97. The molecular formula is C14H17N. The Balaban J connectivity index is 3.25. The van der Waals surface area contributed by atoms with Crippen molar-refractivity contribution < 1.29 is 0 Å². The molecule has 1 heteroatoms. The zero-order valence-corrected chi connectivity index (χ0v) is 9.40. The van der Waals surface area contributed by atoms with Crippen molar-refractivity contribution >= 4 is 0 Å². The van der Waals surface area contributed by atoms with Gasteiger partial charge >= 0.3 is 0 Å². The van der Waals surface area contributed by atoms with E-state index in [1.54, 1.807) is 0 Å². The van der Waals surface area contributed by atoms with Crippen molar-refractivity contribution in [1.29, 1.82) is 5.26 Å². The molecule has 1 aromatic carbocycles. The van der Waals surface area contributed by atoms with Gasteiger partial charge in [0.05, 0.1) is 11.5 Å². The topological polar surface area (TPSA) is 23.8 Å². The molecule has 0 amide bonds. The minimum absolute atomic E-state index is 0.162. The summed E-state index contributed by atoms with van der Waals surface area (Å²) in [6.45, 7) is 7.90. The van der Waals surface area contributed by atoms with Crippen molar-refractivity contribution in [3.63, 3.8) is 0 Å². The van der Waals surface area contributed by atoms with E-state index in [1.807, 2.05) is 43.3 Å². The zero-order valence-electron chi connectivity index (χ0n) is 9.40. The van der Waals surface area contributed by atoms with Crippen LogP contribution in [0.4, 0.5) is 0 Å². The van der Waals surface area contributed by atoms with E-state index in [4.69, 9.17) is 0 Å². The van der Waals surface area contributed by atoms with Crippen molar-refractivity contribution in [2.45, 2.75) is 25.7 Å². The number of nitrogens with zero attached hydrogens (tertiary/aromatic N) is 1. The highest BCUT2D eigenvalue weighted by Crippen LogP contribution is 2.35. The van der Waals surface area contributed by atoms with Crippen LogP contribution in [-0.4, -0.2) is 0 Å². The summed E-state index contributed by atoms with van der Waals surface area (Å²) in [7, 11) is 0. The molecule has 1 nitrogen and oxygen atoms in total. The van der Waals surface area contributed by atoms with Crippen LogP contribution >= 0.6 is 0 Å². The minimum atomic E-state index is -0.428. The Kier molecular flexibility index (Phi) is 3.68. The Bertz CT molecular complexity index is 361. The van der Waals surface area contributed by atoms with Crippen LogP contribution in [0.25, 0.3) is 0 Å². The van der Waals surface area contributed by atoms with E-state index >= 15 is 0 Å². The highest BCUT2D eigenvalue weighted by Gasteiger charge is 2.34. The SMILES string of the molecule is C=CC(C)C(C#N)(CC)c1ccccc1. The van der Waals surface area contributed by atoms with E-state index in [2.05, 4.69) is 19.6 Å². The molecule has 0 aromatic heterocycles. The van der Waals surface area contributed by atoms with Gasteiger partial charge in [0.25, 0.3) is 0 Å². The molecule has 0 aliphatic rings. The van der Waals surface area contributed by atoms with Gasteiger partial charge in [-0.05, 0) is 17.9 Å². The first-order valence-corrected chi connectivity index (χ1v) is 5.30. The van der Waals surface area contributed by atoms with E-state index in [-0.39, 0.29) is 5.92 Å². The lowest BCUT2D eigenvalue weighted by molar-refractivity contribution is 0.420. The number of nitriles is 1. The van der Waals surface area contributed by atoms with E-state index < -0.39 is 5.41 Å². The van der Waals surface area contributed by atoms with Crippen LogP contribution in [-0.2, 0) is 5.41 Å². The molecule has 0 fully saturated rings. The predicted octanol–water partition coefficient (Wildman–Crippen LogP) is 3.68. The molecule has 0 saturated carbocycles. The van der Waals surface area contributed by atoms with Crippen LogP contribution < -0.4 is 0 Å². The van der Waals surface area contributed by atoms with Gasteiger partial charge in [0.1, 0.15) is 0 Å². The van der Waals surface area contributed by atoms with Crippen LogP contribution in [0.15, 0.2) is 43.0 Å². The van der Waals surface area contributed by atoms with Gasteiger partial charge in [0.2, 0.25) is 0 Å². The summed E-state index contributed by atoms with van der Waals surface area (Å²) in [4.78, 5) is 0. The predicted molar refractivity (Wildman–Crippen MR) is 63.4 cm³/mol. The van der Waals surface area contributed by atoms with Gasteiger partial charge in [-0.15, -0.1) is 6.58 Å². The summed E-state index contributed by atoms with van der Waals surface area (Å²) in [6.07, 6.45) is 2.67. The van der Waals surface area contributed by atoms with Crippen molar-refractivity contribution in [2.75, 3.05) is 0 Å². The molecule has 1 rings (SSSR count). The van der Waals surface area contributed by atoms with Gasteiger partial charge in [-0.1, -0.05) is 50.3 Å². The molecular weight excluding hydrogens is 182 g/mol. The molecule has 0 N–H and O–H groups in total. The number of rotatable bonds is 4. The van der Waals surface area contributed by atoms with Gasteiger partial charge in [-0.25, -0.2) is 0 Å². The summed E-state index contributed by atoms with van der Waals surface area (Å²) in [6, 6.07) is 12.4. The van der Waals surface area contributed by atoms with Crippen LogP contribution in [0, 0.1) is 17.2 Å². The Labute approximate surface area is 92.1 Å². The maximum Gasteiger partial charge on any atom is 0.0879 e. The monoisotopic (exact) mass is 199 g/mol. The maximum absolute atomic E-state index is 9.43. The fourth-order valence-corrected chi connectivity index (χ4v) is 1.97. The lowest BCUT2D eigenvalue weighted by Gasteiger charge is -2.30. The van der Waals surface area contributed by atoms with Crippen LogP contribution in [0.3, 0.4) is 0 Å². The number of hydrogen-bond acceptors (Lipinski definition) is 1. The molecule has 0 radical (unpaired) electrons. The molecule has 0 saturated heterocycles. The normalized spacial score (nSPS) is 16.1. The highest BCUT2D eigenvalue weighted by molar-refractivity contribution is 5.34. The second-order valence-electron chi connectivity index (χ2n) is 3.83. The summed E-state index contributed by atoms with van der Waals surface area (Å²) in [5.74, 6) is 0.162. The Morgan fingerprint density at radius 2 is 2.07 bits per heavy atom. The van der Waals surface area contributed by atoms with Crippen molar-refractivity contribution in [2.24, 2.45) is 5.92 Å². The molecule has 0 aliphatic heterocycles. The van der Waals surface area contributed by atoms with E-state index in [0.29, 0.717) is 0 Å². The summed E-state index contributed by atoms with van der Waals surface area (Å²) in [5.41, 5.74) is 0.658. The van der Waals surface area contributed by atoms with Crippen molar-refractivity contribution in [3.8, 4) is 6.07 Å². The smallest absolute Gasteiger partial charge is 0.0879 e. The van der Waals surface area contributed by atoms with Crippen LogP contribution in [0.5, 0.6) is 0 Å². The van der Waals surface area contributed by atoms with Gasteiger partial charge in [0.15, 0.2) is 0 Å². The molecule has 78 valence electrons. The third-order valence-electron chi connectivity index (χ3n) is 3.18. The average Bonchev–Trinajstić information content (AvgIpc) is 2.32. The number of hydrogen-bond donors (Lipinski definition) is 0. The second kappa shape index (κ2) is 4.79. The number of allylic oxidation sites excluding steroid dienone is 1. The molecule has 0 bridgehead atoms. The first-order chi connectivity index (χ1) is 7.21. The molecule has 2 atom stereocenters. The van der Waals surface area contributed by atoms with Crippen molar-refractivity contribution in [3.05, 3.63) is 48.6 Å². The summed E-state index contributed by atoms with van der Waals surface area (Å²) >= 11 is 0. The third kappa shape index (κ3) is 1.94. The largest absolute Gasteiger partial charge is 0.197 e. The second-order valence-corrected chi connectivity index (χ2v) is 3.83. The zero-order chi connectivity index (χ0) is 11.3. The Hall–Kier alpha value is -1.55. The molecule has 2 unspecified atom stereocenters. The molecule has 0 spiro atoms. The first-order valence-electron chi connectivity index (χ1n) is 5.30. The third-order valence-corrected chi connectivity index (χ3v) is 3.18. The summed E-state index contributed by atoms with van der Waals surface area (Å²) in [5, 5.41) is 9.43. The molecule has 0 heterocycles. The van der Waals surface area contributed by atoms with Crippen LogP contribution in [0.1, 0.15) is 25.8 Å². The van der Waals surface area contributed by atoms with Gasteiger partial charge in [-0.3, -0.25) is 0 Å². The summed E-state index contributed by atoms with van der Waals surface area (Å²) < 4.78 is 0. The molecule has 15 heavy (non-hydrogen) atoms. The van der Waals surface area contributed by atoms with Gasteiger partial charge in [-0.2, -0.15) is 5.26 Å². The standard InChI is InChI=1S/C14H17N/c1-4-12(3)14(5-2,11-15)13-9-7-6-8-10-13/h4,6-10,12H,1,5H2,2-3H3. The fraction of sp³-hybridized carbons (Fsp3) is 0.357. The van der Waals surface area contributed by atoms with Gasteiger partial charge < -0.3 is 0 Å². The lowest BCUT2D eigenvalue weighted by Crippen LogP contribution is -2.30. The average molecular weight is 199 g/mol.